The number of H-pyrrole nitrogens is 1. The van der Waals surface area contributed by atoms with Crippen LogP contribution >= 0.6 is 11.6 Å². The summed E-state index contributed by atoms with van der Waals surface area (Å²) < 4.78 is 0. The van der Waals surface area contributed by atoms with Crippen LogP contribution in [-0.2, 0) is 12.6 Å². The van der Waals surface area contributed by atoms with Crippen LogP contribution in [0.2, 0.25) is 5.02 Å². The average molecular weight is 349 g/mol. The van der Waals surface area contributed by atoms with Gasteiger partial charge in [0.05, 0.1) is 18.8 Å². The second-order valence-electron chi connectivity index (χ2n) is 5.14. The number of nitrogens with zero attached hydrogens (tertiary/aromatic N) is 2. The zero-order valence-corrected chi connectivity index (χ0v) is 14.1. The number of rotatable bonds is 1. The molecule has 1 aliphatic rings. The van der Waals surface area contributed by atoms with Crippen molar-refractivity contribution in [2.24, 2.45) is 0 Å². The standard InChI is InChI=1S/C11H6ClN3OS.C5H11N/c12-7-3-1-2-6(4-7)9-8(5-13)10(16)15-11(17)14-9;1-2-4-6-5-3-1/h1-4H,(H2,14,15,16,17);6H,1-5H2. The first kappa shape index (κ1) is 17.4. The Morgan fingerprint density at radius 3 is 2.57 bits per heavy atom. The number of aromatic nitrogens is 2. The molecule has 1 aromatic heterocycles. The van der Waals surface area contributed by atoms with Crippen LogP contribution in [-0.4, -0.2) is 23.1 Å². The number of nitrogens with two attached hydrogens (primary N) is 1. The Balaban J connectivity index is 0.000000268. The maximum Gasteiger partial charge on any atom is 0.268 e. The van der Waals surface area contributed by atoms with E-state index in [0.29, 0.717) is 10.6 Å². The minimum Gasteiger partial charge on any atom is -0.742 e. The lowest BCUT2D eigenvalue weighted by atomic mass is 10.1. The molecule has 23 heavy (non-hydrogen) atoms. The summed E-state index contributed by atoms with van der Waals surface area (Å²) in [6.07, 6.45) is 4.36. The van der Waals surface area contributed by atoms with Gasteiger partial charge in [-0.25, -0.2) is 0 Å². The molecule has 0 saturated carbocycles. The van der Waals surface area contributed by atoms with Crippen LogP contribution in [0.4, 0.5) is 0 Å². The third-order valence-corrected chi connectivity index (χ3v) is 3.85. The van der Waals surface area contributed by atoms with Gasteiger partial charge in [0.1, 0.15) is 11.6 Å². The molecular formula is C16H17ClN4OS. The van der Waals surface area contributed by atoms with E-state index in [2.05, 4.69) is 15.3 Å². The number of benzene rings is 1. The fourth-order valence-corrected chi connectivity index (χ4v) is 2.67. The summed E-state index contributed by atoms with van der Waals surface area (Å²) in [7, 11) is 0. The second kappa shape index (κ2) is 8.63. The normalized spacial score (nSPS) is 13.6. The Bertz CT molecular complexity index is 754. The quantitative estimate of drug-likeness (QED) is 0.605. The van der Waals surface area contributed by atoms with Crippen molar-refractivity contribution in [3.8, 4) is 17.3 Å². The molecule has 0 bridgehead atoms. The van der Waals surface area contributed by atoms with Crippen molar-refractivity contribution in [3.63, 3.8) is 0 Å². The van der Waals surface area contributed by atoms with Gasteiger partial charge < -0.3 is 22.9 Å². The molecule has 0 atom stereocenters. The molecule has 2 heterocycles. The lowest BCUT2D eigenvalue weighted by Crippen LogP contribution is -2.85. The summed E-state index contributed by atoms with van der Waals surface area (Å²) in [4.78, 5) is 17.8. The van der Waals surface area contributed by atoms with Gasteiger partial charge in [-0.1, -0.05) is 23.7 Å². The molecule has 7 heteroatoms. The summed E-state index contributed by atoms with van der Waals surface area (Å²) in [6.45, 7) is 2.75. The highest BCUT2D eigenvalue weighted by molar-refractivity contribution is 7.58. The summed E-state index contributed by atoms with van der Waals surface area (Å²) in [5, 5.41) is 11.9. The minimum atomic E-state index is -0.539. The monoisotopic (exact) mass is 348 g/mol. The molecule has 0 amide bonds. The van der Waals surface area contributed by atoms with Gasteiger partial charge in [0, 0.05) is 10.6 Å². The summed E-state index contributed by atoms with van der Waals surface area (Å²) in [6, 6.07) is 8.56. The van der Waals surface area contributed by atoms with Crippen LogP contribution in [0.15, 0.2) is 34.2 Å². The average Bonchev–Trinajstić information content (AvgIpc) is 2.56. The van der Waals surface area contributed by atoms with Crippen LogP contribution in [0, 0.1) is 11.3 Å². The lowest BCUT2D eigenvalue weighted by Gasteiger charge is -2.09. The summed E-state index contributed by atoms with van der Waals surface area (Å²) in [5.41, 5.74) is 0.235. The SMILES string of the molecule is C1CC[NH2+]CC1.N#Cc1c(-c2cccc(Cl)c2)nc([S-])[nH]c1=O. The van der Waals surface area contributed by atoms with Crippen molar-refractivity contribution in [1.29, 1.82) is 5.26 Å². The molecule has 1 saturated heterocycles. The maximum absolute atomic E-state index is 11.5. The van der Waals surface area contributed by atoms with E-state index in [1.165, 1.54) is 32.4 Å². The first-order valence-corrected chi connectivity index (χ1v) is 8.19. The molecule has 1 aliphatic heterocycles. The maximum atomic E-state index is 11.5. The van der Waals surface area contributed by atoms with Gasteiger partial charge in [-0.3, -0.25) is 9.78 Å². The second-order valence-corrected chi connectivity index (χ2v) is 5.97. The molecule has 120 valence electrons. The number of piperidine rings is 1. The van der Waals surface area contributed by atoms with E-state index in [-0.39, 0.29) is 16.4 Å². The molecule has 0 unspecified atom stereocenters. The van der Waals surface area contributed by atoms with E-state index in [4.69, 9.17) is 29.5 Å². The van der Waals surface area contributed by atoms with E-state index in [1.54, 1.807) is 24.3 Å². The fraction of sp³-hybridized carbons (Fsp3) is 0.312. The molecule has 5 nitrogen and oxygen atoms in total. The predicted octanol–water partition coefficient (Wildman–Crippen LogP) is 1.60. The van der Waals surface area contributed by atoms with Gasteiger partial charge in [0.2, 0.25) is 0 Å². The molecule has 1 aromatic carbocycles. The van der Waals surface area contributed by atoms with E-state index in [9.17, 15) is 4.79 Å². The zero-order chi connectivity index (χ0) is 16.7. The Morgan fingerprint density at radius 2 is 2.04 bits per heavy atom. The third kappa shape index (κ3) is 5.03. The van der Waals surface area contributed by atoms with Crippen molar-refractivity contribution in [2.45, 2.75) is 24.4 Å². The van der Waals surface area contributed by atoms with E-state index in [0.717, 1.165) is 0 Å². The number of nitriles is 1. The minimum absolute atomic E-state index is 0.0453. The molecule has 2 aromatic rings. The van der Waals surface area contributed by atoms with Gasteiger partial charge in [0.15, 0.2) is 0 Å². The van der Waals surface area contributed by atoms with Crippen LogP contribution in [0.1, 0.15) is 24.8 Å². The largest absolute Gasteiger partial charge is 0.742 e. The fourth-order valence-electron chi connectivity index (χ4n) is 2.30. The summed E-state index contributed by atoms with van der Waals surface area (Å²) >= 11 is 10.7. The first-order chi connectivity index (χ1) is 11.1. The molecular weight excluding hydrogens is 332 g/mol. The number of hydrogen-bond acceptors (Lipinski definition) is 4. The number of hydrogen-bond donors (Lipinski definition) is 2. The van der Waals surface area contributed by atoms with Gasteiger partial charge in [-0.2, -0.15) is 5.26 Å². The smallest absolute Gasteiger partial charge is 0.268 e. The molecule has 0 aliphatic carbocycles. The first-order valence-electron chi connectivity index (χ1n) is 7.41. The van der Waals surface area contributed by atoms with Gasteiger partial charge in [-0.15, -0.1) is 0 Å². The third-order valence-electron chi connectivity index (χ3n) is 3.42. The van der Waals surface area contributed by atoms with Crippen molar-refractivity contribution in [1.82, 2.24) is 9.97 Å². The Labute approximate surface area is 145 Å². The zero-order valence-electron chi connectivity index (χ0n) is 12.5. The van der Waals surface area contributed by atoms with Crippen LogP contribution < -0.4 is 10.9 Å². The summed E-state index contributed by atoms with van der Waals surface area (Å²) in [5.74, 6) is 0. The number of quaternary nitrogens is 1. The molecule has 0 radical (unpaired) electrons. The predicted molar refractivity (Wildman–Crippen MR) is 91.2 cm³/mol. The van der Waals surface area contributed by atoms with E-state index in [1.807, 2.05) is 6.07 Å². The van der Waals surface area contributed by atoms with E-state index >= 15 is 0 Å². The van der Waals surface area contributed by atoms with Gasteiger partial charge in [0.25, 0.3) is 5.56 Å². The lowest BCUT2D eigenvalue weighted by molar-refractivity contribution is -0.662. The Hall–Kier alpha value is -1.94. The molecule has 1 fully saturated rings. The van der Waals surface area contributed by atoms with Crippen LogP contribution in [0.25, 0.3) is 11.3 Å². The Morgan fingerprint density at radius 1 is 1.30 bits per heavy atom. The Kier molecular flexibility index (Phi) is 6.53. The number of aromatic amines is 1. The highest BCUT2D eigenvalue weighted by atomic mass is 35.5. The van der Waals surface area contributed by atoms with Crippen molar-refractivity contribution in [2.75, 3.05) is 13.1 Å². The highest BCUT2D eigenvalue weighted by Gasteiger charge is 2.10. The van der Waals surface area contributed by atoms with Crippen LogP contribution in [0.3, 0.4) is 0 Å². The topological polar surface area (TPSA) is 86.2 Å². The van der Waals surface area contributed by atoms with Crippen molar-refractivity contribution < 1.29 is 5.32 Å². The molecule has 3 N–H and O–H groups in total. The van der Waals surface area contributed by atoms with Crippen molar-refractivity contribution >= 4 is 24.2 Å². The van der Waals surface area contributed by atoms with E-state index < -0.39 is 5.56 Å². The van der Waals surface area contributed by atoms with Crippen molar-refractivity contribution in [3.05, 3.63) is 45.2 Å². The highest BCUT2D eigenvalue weighted by Crippen LogP contribution is 2.22. The van der Waals surface area contributed by atoms with Gasteiger partial charge in [-0.05, 0) is 36.6 Å². The number of halogens is 1. The molecule has 0 spiro atoms. The number of nitrogens with one attached hydrogen (secondary N) is 1. The molecule has 3 rings (SSSR count). The van der Waals surface area contributed by atoms with Crippen LogP contribution in [0.5, 0.6) is 0 Å². The van der Waals surface area contributed by atoms with Gasteiger partial charge >= 0.3 is 0 Å².